The minimum Gasteiger partial charge on any atom is -0.497 e. The number of nitrogens with one attached hydrogen (secondary N) is 1. The number of benzene rings is 2. The lowest BCUT2D eigenvalue weighted by Gasteiger charge is -2.30. The lowest BCUT2D eigenvalue weighted by atomic mass is 10.1. The van der Waals surface area contributed by atoms with Gasteiger partial charge in [-0.25, -0.2) is 8.42 Å². The van der Waals surface area contributed by atoms with Crippen LogP contribution in [-0.4, -0.2) is 40.0 Å². The summed E-state index contributed by atoms with van der Waals surface area (Å²) in [4.78, 5) is 13.9. The lowest BCUT2D eigenvalue weighted by molar-refractivity contribution is -0.117. The zero-order chi connectivity index (χ0) is 20.0. The van der Waals surface area contributed by atoms with E-state index < -0.39 is 16.1 Å². The number of carbonyl (C=O) groups is 1. The van der Waals surface area contributed by atoms with Gasteiger partial charge < -0.3 is 10.1 Å². The van der Waals surface area contributed by atoms with E-state index in [1.807, 2.05) is 24.5 Å². The minimum atomic E-state index is -3.70. The number of nitrogens with zero attached hydrogens (tertiary/aromatic N) is 1. The summed E-state index contributed by atoms with van der Waals surface area (Å²) in [5.74, 6) is 0.136. The average Bonchev–Trinajstić information content (AvgIpc) is 2.65. The maximum atomic E-state index is 13.0. The summed E-state index contributed by atoms with van der Waals surface area (Å²) in [7, 11) is -2.19. The number of methoxy groups -OCH3 is 1. The third-order valence-electron chi connectivity index (χ3n) is 4.00. The fourth-order valence-electron chi connectivity index (χ4n) is 2.77. The number of para-hydroxylation sites is 1. The Morgan fingerprint density at radius 3 is 2.52 bits per heavy atom. The number of sulfonamides is 1. The number of anilines is 2. The largest absolute Gasteiger partial charge is 0.497 e. The van der Waals surface area contributed by atoms with Crippen LogP contribution in [0.5, 0.6) is 5.75 Å². The third kappa shape index (κ3) is 5.17. The van der Waals surface area contributed by atoms with Gasteiger partial charge in [-0.2, -0.15) is 0 Å². The van der Waals surface area contributed by atoms with Crippen molar-refractivity contribution in [3.05, 3.63) is 48.5 Å². The Kier molecular flexibility index (Phi) is 7.15. The lowest BCUT2D eigenvalue weighted by Crippen LogP contribution is -2.47. The molecule has 0 saturated carbocycles. The van der Waals surface area contributed by atoms with Crippen molar-refractivity contribution in [3.63, 3.8) is 0 Å². The summed E-state index contributed by atoms with van der Waals surface area (Å²) in [6.07, 6.45) is 3.33. The highest BCUT2D eigenvalue weighted by Gasteiger charge is 2.32. The molecule has 0 aliphatic rings. The van der Waals surface area contributed by atoms with E-state index in [9.17, 15) is 13.2 Å². The van der Waals surface area contributed by atoms with Crippen LogP contribution >= 0.6 is 11.8 Å². The summed E-state index contributed by atoms with van der Waals surface area (Å²) >= 11 is 1.51. The number of rotatable bonds is 8. The molecule has 1 amide bonds. The van der Waals surface area contributed by atoms with E-state index in [0.717, 1.165) is 15.5 Å². The average molecular weight is 409 g/mol. The van der Waals surface area contributed by atoms with Gasteiger partial charge in [-0.05, 0) is 36.9 Å². The van der Waals surface area contributed by atoms with Gasteiger partial charge in [0.1, 0.15) is 11.8 Å². The summed E-state index contributed by atoms with van der Waals surface area (Å²) in [6, 6.07) is 13.2. The minimum absolute atomic E-state index is 0.317. The van der Waals surface area contributed by atoms with Crippen molar-refractivity contribution in [1.29, 1.82) is 0 Å². The topological polar surface area (TPSA) is 75.7 Å². The molecule has 2 aromatic rings. The normalized spacial score (nSPS) is 12.3. The highest BCUT2D eigenvalue weighted by Crippen LogP contribution is 2.28. The number of amides is 1. The SMILES string of the molecule is CC[C@H](C(=O)Nc1ccccc1SC)N(c1cccc(OC)c1)S(C)(=O)=O. The van der Waals surface area contributed by atoms with Gasteiger partial charge in [0.25, 0.3) is 0 Å². The number of carbonyl (C=O) groups excluding carboxylic acids is 1. The molecule has 6 nitrogen and oxygen atoms in total. The van der Waals surface area contributed by atoms with Crippen molar-refractivity contribution in [2.75, 3.05) is 29.2 Å². The summed E-state index contributed by atoms with van der Waals surface area (Å²) < 4.78 is 31.4. The van der Waals surface area contributed by atoms with Crippen molar-refractivity contribution in [2.45, 2.75) is 24.3 Å². The fourth-order valence-corrected chi connectivity index (χ4v) is 4.53. The zero-order valence-corrected chi connectivity index (χ0v) is 17.4. The number of hydrogen-bond donors (Lipinski definition) is 1. The molecule has 0 aliphatic carbocycles. The first-order valence-electron chi connectivity index (χ1n) is 8.39. The molecule has 1 atom stereocenters. The summed E-state index contributed by atoms with van der Waals surface area (Å²) in [5.41, 5.74) is 1.05. The molecule has 0 fully saturated rings. The second-order valence-electron chi connectivity index (χ2n) is 5.87. The van der Waals surface area contributed by atoms with Crippen molar-refractivity contribution in [3.8, 4) is 5.75 Å². The van der Waals surface area contributed by atoms with E-state index in [2.05, 4.69) is 5.32 Å². The van der Waals surface area contributed by atoms with Crippen LogP contribution in [0.1, 0.15) is 13.3 Å². The maximum absolute atomic E-state index is 13.0. The van der Waals surface area contributed by atoms with Gasteiger partial charge in [-0.3, -0.25) is 9.10 Å². The van der Waals surface area contributed by atoms with Crippen LogP contribution in [0.3, 0.4) is 0 Å². The molecule has 2 aromatic carbocycles. The first-order valence-corrected chi connectivity index (χ1v) is 11.5. The predicted molar refractivity (Wildman–Crippen MR) is 111 cm³/mol. The van der Waals surface area contributed by atoms with Gasteiger partial charge >= 0.3 is 0 Å². The predicted octanol–water partition coefficient (Wildman–Crippen LogP) is 3.60. The molecular weight excluding hydrogens is 384 g/mol. The Balaban J connectivity index is 2.41. The Hall–Kier alpha value is -2.19. The summed E-state index contributed by atoms with van der Waals surface area (Å²) in [6.45, 7) is 1.78. The van der Waals surface area contributed by atoms with Gasteiger partial charge in [0.15, 0.2) is 0 Å². The smallest absolute Gasteiger partial charge is 0.248 e. The number of hydrogen-bond acceptors (Lipinski definition) is 5. The van der Waals surface area contributed by atoms with Gasteiger partial charge in [-0.15, -0.1) is 11.8 Å². The fraction of sp³-hybridized carbons (Fsp3) is 0.316. The van der Waals surface area contributed by atoms with Crippen LogP contribution in [0.25, 0.3) is 0 Å². The monoisotopic (exact) mass is 408 g/mol. The van der Waals surface area contributed by atoms with Crippen molar-refractivity contribution in [2.24, 2.45) is 0 Å². The van der Waals surface area contributed by atoms with Crippen LogP contribution in [0, 0.1) is 0 Å². The van der Waals surface area contributed by atoms with Crippen molar-refractivity contribution >= 4 is 39.1 Å². The Morgan fingerprint density at radius 1 is 1.22 bits per heavy atom. The molecule has 0 aromatic heterocycles. The quantitative estimate of drug-likeness (QED) is 0.676. The van der Waals surface area contributed by atoms with E-state index in [1.165, 1.54) is 18.9 Å². The molecule has 0 radical (unpaired) electrons. The number of ether oxygens (including phenoxy) is 1. The van der Waals surface area contributed by atoms with Crippen LogP contribution in [0.2, 0.25) is 0 Å². The second kappa shape index (κ2) is 9.14. The highest BCUT2D eigenvalue weighted by molar-refractivity contribution is 7.98. The Morgan fingerprint density at radius 2 is 1.93 bits per heavy atom. The Bertz CT molecular complexity index is 900. The molecule has 0 heterocycles. The molecule has 0 aliphatic heterocycles. The molecular formula is C19H24N2O4S2. The van der Waals surface area contributed by atoms with E-state index in [1.54, 1.807) is 37.3 Å². The van der Waals surface area contributed by atoms with Crippen molar-refractivity contribution in [1.82, 2.24) is 0 Å². The van der Waals surface area contributed by atoms with Gasteiger partial charge in [-0.1, -0.05) is 25.1 Å². The van der Waals surface area contributed by atoms with E-state index in [-0.39, 0.29) is 5.91 Å². The van der Waals surface area contributed by atoms with Crippen LogP contribution in [-0.2, 0) is 14.8 Å². The van der Waals surface area contributed by atoms with Gasteiger partial charge in [0.05, 0.1) is 24.7 Å². The van der Waals surface area contributed by atoms with E-state index in [4.69, 9.17) is 4.74 Å². The van der Waals surface area contributed by atoms with Gasteiger partial charge in [0.2, 0.25) is 15.9 Å². The first-order chi connectivity index (χ1) is 12.8. The van der Waals surface area contributed by atoms with Crippen LogP contribution < -0.4 is 14.4 Å². The van der Waals surface area contributed by atoms with Crippen LogP contribution in [0.4, 0.5) is 11.4 Å². The zero-order valence-electron chi connectivity index (χ0n) is 15.8. The third-order valence-corrected chi connectivity index (χ3v) is 5.98. The van der Waals surface area contributed by atoms with E-state index >= 15 is 0 Å². The molecule has 0 unspecified atom stereocenters. The molecule has 0 saturated heterocycles. The molecule has 27 heavy (non-hydrogen) atoms. The first kappa shape index (κ1) is 21.1. The maximum Gasteiger partial charge on any atom is 0.248 e. The molecule has 146 valence electrons. The molecule has 1 N–H and O–H groups in total. The Labute approximate surface area is 165 Å². The molecule has 2 rings (SSSR count). The molecule has 0 spiro atoms. The molecule has 0 bridgehead atoms. The van der Waals surface area contributed by atoms with Crippen LogP contribution in [0.15, 0.2) is 53.4 Å². The second-order valence-corrected chi connectivity index (χ2v) is 8.58. The number of thioether (sulfide) groups is 1. The standard InChI is InChI=1S/C19H24N2O4S2/c1-5-17(19(22)20-16-11-6-7-12-18(16)26-3)21(27(4,23)24)14-9-8-10-15(13-14)25-2/h6-13,17H,5H2,1-4H3,(H,20,22)/t17-/m1/s1. The van der Waals surface area contributed by atoms with E-state index in [0.29, 0.717) is 23.5 Å². The highest BCUT2D eigenvalue weighted by atomic mass is 32.2. The summed E-state index contributed by atoms with van der Waals surface area (Å²) in [5, 5.41) is 2.87. The molecule has 8 heteroatoms. The van der Waals surface area contributed by atoms with Crippen molar-refractivity contribution < 1.29 is 17.9 Å². The van der Waals surface area contributed by atoms with Gasteiger partial charge in [0, 0.05) is 11.0 Å².